The van der Waals surface area contributed by atoms with Crippen LogP contribution in [-0.4, -0.2) is 21.7 Å². The van der Waals surface area contributed by atoms with Crippen molar-refractivity contribution in [2.75, 3.05) is 6.54 Å². The highest BCUT2D eigenvalue weighted by Crippen LogP contribution is 2.28. The molecular weight excluding hydrogens is 244 g/mol. The zero-order valence-electron chi connectivity index (χ0n) is 10.9. The van der Waals surface area contributed by atoms with Crippen molar-refractivity contribution in [3.63, 3.8) is 0 Å². The van der Waals surface area contributed by atoms with Crippen LogP contribution in [0.4, 0.5) is 0 Å². The van der Waals surface area contributed by atoms with Crippen LogP contribution in [0.1, 0.15) is 23.9 Å². The second-order valence-corrected chi connectivity index (χ2v) is 5.21. The molecule has 2 rings (SSSR count). The van der Waals surface area contributed by atoms with Crippen molar-refractivity contribution in [3.8, 4) is 0 Å². The molecule has 0 fully saturated rings. The molecule has 2 aromatic rings. The van der Waals surface area contributed by atoms with Crippen molar-refractivity contribution in [1.82, 2.24) is 20.5 Å². The van der Waals surface area contributed by atoms with Crippen molar-refractivity contribution < 1.29 is 0 Å². The maximum Gasteiger partial charge on any atom is 0.213 e. The Bertz CT molecular complexity index is 521. The Labute approximate surface area is 112 Å². The monoisotopic (exact) mass is 262 g/mol. The van der Waals surface area contributed by atoms with E-state index >= 15 is 0 Å². The van der Waals surface area contributed by atoms with Crippen molar-refractivity contribution >= 4 is 11.8 Å². The number of rotatable bonds is 5. The van der Waals surface area contributed by atoms with Gasteiger partial charge in [0.05, 0.1) is 0 Å². The Kier molecular flexibility index (Phi) is 4.38. The van der Waals surface area contributed by atoms with Gasteiger partial charge in [-0.25, -0.2) is 4.98 Å². The van der Waals surface area contributed by atoms with Gasteiger partial charge in [-0.15, -0.1) is 5.10 Å². The minimum absolute atomic E-state index is 0.772. The fourth-order valence-corrected chi connectivity index (χ4v) is 2.54. The van der Waals surface area contributed by atoms with Gasteiger partial charge in [0.2, 0.25) is 5.16 Å². The molecule has 0 amide bonds. The number of benzene rings is 1. The van der Waals surface area contributed by atoms with E-state index in [-0.39, 0.29) is 0 Å². The lowest BCUT2D eigenvalue weighted by Gasteiger charge is -2.09. The minimum atomic E-state index is 0.772. The first-order valence-electron chi connectivity index (χ1n) is 6.06. The largest absolute Gasteiger partial charge is 0.313 e. The molecule has 0 spiro atoms. The van der Waals surface area contributed by atoms with Gasteiger partial charge in [-0.1, -0.05) is 24.6 Å². The number of aromatic nitrogens is 3. The zero-order chi connectivity index (χ0) is 13.0. The van der Waals surface area contributed by atoms with Gasteiger partial charge in [-0.2, -0.15) is 0 Å². The number of H-pyrrole nitrogens is 1. The third-order valence-electron chi connectivity index (χ3n) is 2.56. The van der Waals surface area contributed by atoms with Crippen LogP contribution in [0.3, 0.4) is 0 Å². The molecule has 5 heteroatoms. The second kappa shape index (κ2) is 6.02. The van der Waals surface area contributed by atoms with Gasteiger partial charge < -0.3 is 5.32 Å². The van der Waals surface area contributed by atoms with Gasteiger partial charge in [0.1, 0.15) is 5.82 Å². The van der Waals surface area contributed by atoms with Crippen molar-refractivity contribution in [3.05, 3.63) is 35.2 Å². The van der Waals surface area contributed by atoms with Gasteiger partial charge in [0.25, 0.3) is 0 Å². The van der Waals surface area contributed by atoms with Crippen molar-refractivity contribution in [2.24, 2.45) is 0 Å². The third kappa shape index (κ3) is 3.34. The van der Waals surface area contributed by atoms with E-state index in [2.05, 4.69) is 52.5 Å². The summed E-state index contributed by atoms with van der Waals surface area (Å²) in [7, 11) is 0. The average Bonchev–Trinajstić information content (AvgIpc) is 2.75. The van der Waals surface area contributed by atoms with Gasteiger partial charge >= 0.3 is 0 Å². The summed E-state index contributed by atoms with van der Waals surface area (Å²) in [6.45, 7) is 7.98. The van der Waals surface area contributed by atoms with E-state index in [4.69, 9.17) is 0 Å². The molecule has 1 heterocycles. The average molecular weight is 262 g/mol. The standard InChI is InChI=1S/C13H18N4S/c1-4-14-8-11-7-9(2)5-6-12(11)18-13-15-10(3)16-17-13/h5-7,14H,4,8H2,1-3H3,(H,15,16,17). The van der Waals surface area contributed by atoms with Crippen LogP contribution >= 0.6 is 11.8 Å². The maximum atomic E-state index is 4.33. The smallest absolute Gasteiger partial charge is 0.213 e. The molecule has 1 aromatic carbocycles. The second-order valence-electron chi connectivity index (χ2n) is 4.20. The Morgan fingerprint density at radius 3 is 2.83 bits per heavy atom. The van der Waals surface area contributed by atoms with Crippen LogP contribution in [0.5, 0.6) is 0 Å². The molecule has 0 aliphatic carbocycles. The summed E-state index contributed by atoms with van der Waals surface area (Å²) in [4.78, 5) is 5.53. The van der Waals surface area contributed by atoms with Gasteiger partial charge in [0, 0.05) is 11.4 Å². The van der Waals surface area contributed by atoms with Gasteiger partial charge in [-0.05, 0) is 43.8 Å². The van der Waals surface area contributed by atoms with Crippen LogP contribution in [0.2, 0.25) is 0 Å². The molecule has 0 radical (unpaired) electrons. The molecule has 0 atom stereocenters. The summed E-state index contributed by atoms with van der Waals surface area (Å²) in [6, 6.07) is 6.47. The first kappa shape index (κ1) is 13.1. The molecule has 0 unspecified atom stereocenters. The van der Waals surface area contributed by atoms with E-state index in [1.165, 1.54) is 16.0 Å². The van der Waals surface area contributed by atoms with Crippen LogP contribution in [0.25, 0.3) is 0 Å². The highest BCUT2D eigenvalue weighted by Gasteiger charge is 2.07. The number of nitrogens with one attached hydrogen (secondary N) is 2. The zero-order valence-corrected chi connectivity index (χ0v) is 11.8. The van der Waals surface area contributed by atoms with Crippen LogP contribution in [0.15, 0.2) is 28.3 Å². The Balaban J connectivity index is 2.20. The third-order valence-corrected chi connectivity index (χ3v) is 3.54. The first-order valence-corrected chi connectivity index (χ1v) is 6.87. The normalized spacial score (nSPS) is 10.8. The van der Waals surface area contributed by atoms with Gasteiger partial charge in [0.15, 0.2) is 0 Å². The first-order chi connectivity index (χ1) is 8.69. The topological polar surface area (TPSA) is 53.6 Å². The fourth-order valence-electron chi connectivity index (χ4n) is 1.67. The van der Waals surface area contributed by atoms with E-state index < -0.39 is 0 Å². The van der Waals surface area contributed by atoms with E-state index in [0.29, 0.717) is 0 Å². The van der Waals surface area contributed by atoms with Crippen LogP contribution < -0.4 is 5.32 Å². The molecule has 0 bridgehead atoms. The summed E-state index contributed by atoms with van der Waals surface area (Å²) in [6.07, 6.45) is 0. The maximum absolute atomic E-state index is 4.33. The number of nitrogens with zero attached hydrogens (tertiary/aromatic N) is 2. The molecule has 2 N–H and O–H groups in total. The van der Waals surface area contributed by atoms with Crippen LogP contribution in [-0.2, 0) is 6.54 Å². The Morgan fingerprint density at radius 2 is 2.17 bits per heavy atom. The quantitative estimate of drug-likeness (QED) is 0.870. The lowest BCUT2D eigenvalue weighted by atomic mass is 10.1. The lowest BCUT2D eigenvalue weighted by Crippen LogP contribution is -2.12. The van der Waals surface area contributed by atoms with Crippen molar-refractivity contribution in [2.45, 2.75) is 37.4 Å². The highest BCUT2D eigenvalue weighted by molar-refractivity contribution is 7.99. The predicted molar refractivity (Wildman–Crippen MR) is 73.8 cm³/mol. The molecule has 0 saturated heterocycles. The SMILES string of the molecule is CCNCc1cc(C)ccc1Sc1n[nH]c(C)n1. The molecule has 0 aliphatic heterocycles. The van der Waals surface area contributed by atoms with Gasteiger partial charge in [-0.3, -0.25) is 5.10 Å². The number of aromatic amines is 1. The summed E-state index contributed by atoms with van der Waals surface area (Å²) in [5.74, 6) is 0.845. The molecule has 4 nitrogen and oxygen atoms in total. The van der Waals surface area contributed by atoms with Crippen LogP contribution in [0, 0.1) is 13.8 Å². The Morgan fingerprint density at radius 1 is 1.33 bits per heavy atom. The summed E-state index contributed by atoms with van der Waals surface area (Å²) in [5.41, 5.74) is 2.57. The predicted octanol–water partition coefficient (Wildman–Crippen LogP) is 2.68. The highest BCUT2D eigenvalue weighted by atomic mass is 32.2. The van der Waals surface area contributed by atoms with E-state index in [0.717, 1.165) is 24.1 Å². The summed E-state index contributed by atoms with van der Waals surface area (Å²) >= 11 is 1.60. The van der Waals surface area contributed by atoms with Crippen molar-refractivity contribution in [1.29, 1.82) is 0 Å². The lowest BCUT2D eigenvalue weighted by molar-refractivity contribution is 0.717. The molecular formula is C13H18N4S. The minimum Gasteiger partial charge on any atom is -0.313 e. The number of hydrogen-bond donors (Lipinski definition) is 2. The van der Waals surface area contributed by atoms with E-state index in [1.807, 2.05) is 6.92 Å². The molecule has 96 valence electrons. The molecule has 0 saturated carbocycles. The molecule has 18 heavy (non-hydrogen) atoms. The number of hydrogen-bond acceptors (Lipinski definition) is 4. The van der Waals surface area contributed by atoms with E-state index in [9.17, 15) is 0 Å². The summed E-state index contributed by atoms with van der Waals surface area (Å²) < 4.78 is 0. The molecule has 0 aliphatic rings. The Hall–Kier alpha value is -1.33. The summed E-state index contributed by atoms with van der Waals surface area (Å²) in [5, 5.41) is 11.2. The van der Waals surface area contributed by atoms with E-state index in [1.54, 1.807) is 11.8 Å². The fraction of sp³-hybridized carbons (Fsp3) is 0.385. The molecule has 1 aromatic heterocycles. The number of aryl methyl sites for hydroxylation is 2.